The van der Waals surface area contributed by atoms with E-state index in [2.05, 4.69) is 20.5 Å². The third-order valence-electron chi connectivity index (χ3n) is 4.87. The van der Waals surface area contributed by atoms with Gasteiger partial charge in [-0.15, -0.1) is 10.2 Å². The summed E-state index contributed by atoms with van der Waals surface area (Å²) in [5.41, 5.74) is 3.17. The fraction of sp³-hybridized carbons (Fsp3) is 0.125. The number of pyridine rings is 1. The molecule has 33 heavy (non-hydrogen) atoms. The molecule has 166 valence electrons. The highest BCUT2D eigenvalue weighted by Crippen LogP contribution is 2.29. The van der Waals surface area contributed by atoms with Crippen LogP contribution in [0.25, 0.3) is 17.1 Å². The molecule has 0 saturated heterocycles. The molecule has 4 rings (SSSR count). The maximum Gasteiger partial charge on any atom is 0.257 e. The van der Waals surface area contributed by atoms with E-state index in [4.69, 9.17) is 4.74 Å². The number of amides is 2. The molecule has 4 aromatic rings. The van der Waals surface area contributed by atoms with Crippen LogP contribution in [0.3, 0.4) is 0 Å². The summed E-state index contributed by atoms with van der Waals surface area (Å²) in [5, 5.41) is 11.6. The fourth-order valence-electron chi connectivity index (χ4n) is 3.19. The first kappa shape index (κ1) is 22.2. The molecular formula is C24H21N5O3S. The van der Waals surface area contributed by atoms with Crippen LogP contribution >= 0.6 is 11.8 Å². The molecule has 0 bridgehead atoms. The Kier molecular flexibility index (Phi) is 6.80. The van der Waals surface area contributed by atoms with Crippen LogP contribution in [0.1, 0.15) is 15.9 Å². The zero-order chi connectivity index (χ0) is 23.2. The standard InChI is InChI=1S/C24H21N5O3S/c1-16-5-3-4-6-20(16)29-22(17-11-13-25-14-12-17)27-28-24(29)33-15-21(30)26-23(31)18-7-9-19(32-2)10-8-18/h3-14H,15H2,1-2H3,(H,26,30,31). The number of hydrogen-bond donors (Lipinski definition) is 1. The van der Waals surface area contributed by atoms with Gasteiger partial charge in [0, 0.05) is 23.5 Å². The second-order valence-electron chi connectivity index (χ2n) is 7.06. The topological polar surface area (TPSA) is 99.0 Å². The summed E-state index contributed by atoms with van der Waals surface area (Å²) in [6, 6.07) is 18.1. The first-order chi connectivity index (χ1) is 16.1. The number of hydrogen-bond acceptors (Lipinski definition) is 7. The molecule has 0 spiro atoms. The normalized spacial score (nSPS) is 10.6. The molecule has 1 N–H and O–H groups in total. The van der Waals surface area contributed by atoms with Gasteiger partial charge in [-0.05, 0) is 55.0 Å². The van der Waals surface area contributed by atoms with E-state index in [1.807, 2.05) is 47.9 Å². The third kappa shape index (κ3) is 5.09. The maximum absolute atomic E-state index is 12.5. The molecule has 0 aliphatic carbocycles. The Morgan fingerprint density at radius 3 is 2.42 bits per heavy atom. The number of thioether (sulfide) groups is 1. The van der Waals surface area contributed by atoms with Crippen molar-refractivity contribution < 1.29 is 14.3 Å². The summed E-state index contributed by atoms with van der Waals surface area (Å²) < 4.78 is 7.00. The SMILES string of the molecule is COc1ccc(C(=O)NC(=O)CSc2nnc(-c3ccncc3)n2-c2ccccc2C)cc1. The predicted molar refractivity (Wildman–Crippen MR) is 126 cm³/mol. The van der Waals surface area contributed by atoms with Gasteiger partial charge in [0.15, 0.2) is 11.0 Å². The molecule has 2 heterocycles. The van der Waals surface area contributed by atoms with Crippen LogP contribution in [0, 0.1) is 6.92 Å². The zero-order valence-corrected chi connectivity index (χ0v) is 18.9. The quantitative estimate of drug-likeness (QED) is 0.421. The van der Waals surface area contributed by atoms with E-state index in [9.17, 15) is 9.59 Å². The number of rotatable bonds is 7. The number of imide groups is 1. The molecular weight excluding hydrogens is 438 g/mol. The van der Waals surface area contributed by atoms with E-state index in [0.29, 0.717) is 22.3 Å². The summed E-state index contributed by atoms with van der Waals surface area (Å²) in [6.45, 7) is 2.00. The van der Waals surface area contributed by atoms with Crippen molar-refractivity contribution in [1.82, 2.24) is 25.1 Å². The van der Waals surface area contributed by atoms with Gasteiger partial charge >= 0.3 is 0 Å². The van der Waals surface area contributed by atoms with Crippen LogP contribution in [0.4, 0.5) is 0 Å². The molecule has 2 aromatic carbocycles. The number of para-hydroxylation sites is 1. The average Bonchev–Trinajstić information content (AvgIpc) is 3.27. The minimum Gasteiger partial charge on any atom is -0.497 e. The van der Waals surface area contributed by atoms with Crippen molar-refractivity contribution in [1.29, 1.82) is 0 Å². The monoisotopic (exact) mass is 459 g/mol. The van der Waals surface area contributed by atoms with Crippen LogP contribution < -0.4 is 10.1 Å². The number of carbonyl (C=O) groups is 2. The smallest absolute Gasteiger partial charge is 0.257 e. The molecule has 9 heteroatoms. The van der Waals surface area contributed by atoms with E-state index in [1.54, 1.807) is 43.8 Å². The molecule has 0 saturated carbocycles. The van der Waals surface area contributed by atoms with Gasteiger partial charge < -0.3 is 4.74 Å². The number of benzene rings is 2. The van der Waals surface area contributed by atoms with Crippen molar-refractivity contribution in [3.8, 4) is 22.8 Å². The first-order valence-corrected chi connectivity index (χ1v) is 11.1. The Morgan fingerprint density at radius 2 is 1.73 bits per heavy atom. The Labute approximate surface area is 195 Å². The summed E-state index contributed by atoms with van der Waals surface area (Å²) in [5.74, 6) is 0.381. The van der Waals surface area contributed by atoms with Crippen molar-refractivity contribution in [2.75, 3.05) is 12.9 Å². The predicted octanol–water partition coefficient (Wildman–Crippen LogP) is 3.70. The van der Waals surface area contributed by atoms with Crippen LogP contribution in [0.5, 0.6) is 5.75 Å². The lowest BCUT2D eigenvalue weighted by Gasteiger charge is -2.12. The number of nitrogens with one attached hydrogen (secondary N) is 1. The molecule has 8 nitrogen and oxygen atoms in total. The van der Waals surface area contributed by atoms with Crippen molar-refractivity contribution in [2.24, 2.45) is 0 Å². The van der Waals surface area contributed by atoms with Gasteiger partial charge in [0.25, 0.3) is 5.91 Å². The number of nitrogens with zero attached hydrogens (tertiary/aromatic N) is 4. The van der Waals surface area contributed by atoms with E-state index in [0.717, 1.165) is 16.8 Å². The number of aryl methyl sites for hydroxylation is 1. The van der Waals surface area contributed by atoms with Gasteiger partial charge in [-0.25, -0.2) is 0 Å². The number of ether oxygens (including phenoxy) is 1. The van der Waals surface area contributed by atoms with Gasteiger partial charge in [-0.3, -0.25) is 24.5 Å². The van der Waals surface area contributed by atoms with E-state index in [1.165, 1.54) is 11.8 Å². The van der Waals surface area contributed by atoms with Gasteiger partial charge in [0.05, 0.1) is 18.6 Å². The highest BCUT2D eigenvalue weighted by atomic mass is 32.2. The first-order valence-electron chi connectivity index (χ1n) is 10.1. The van der Waals surface area contributed by atoms with Crippen LogP contribution in [-0.2, 0) is 4.79 Å². The van der Waals surface area contributed by atoms with E-state index in [-0.39, 0.29) is 5.75 Å². The Balaban J connectivity index is 1.53. The van der Waals surface area contributed by atoms with Crippen LogP contribution in [0.2, 0.25) is 0 Å². The summed E-state index contributed by atoms with van der Waals surface area (Å²) in [6.07, 6.45) is 3.38. The lowest BCUT2D eigenvalue weighted by molar-refractivity contribution is -0.117. The molecule has 2 aromatic heterocycles. The summed E-state index contributed by atoms with van der Waals surface area (Å²) in [4.78, 5) is 28.9. The van der Waals surface area contributed by atoms with Crippen molar-refractivity contribution >= 4 is 23.6 Å². The van der Waals surface area contributed by atoms with Crippen molar-refractivity contribution in [3.63, 3.8) is 0 Å². The number of methoxy groups -OCH3 is 1. The van der Waals surface area contributed by atoms with Gasteiger partial charge in [0.2, 0.25) is 5.91 Å². The molecule has 0 fully saturated rings. The Bertz CT molecular complexity index is 1270. The lowest BCUT2D eigenvalue weighted by Crippen LogP contribution is -2.31. The van der Waals surface area contributed by atoms with E-state index < -0.39 is 11.8 Å². The second-order valence-corrected chi connectivity index (χ2v) is 8.00. The summed E-state index contributed by atoms with van der Waals surface area (Å²) >= 11 is 1.21. The minimum atomic E-state index is -0.471. The molecule has 0 atom stereocenters. The van der Waals surface area contributed by atoms with E-state index >= 15 is 0 Å². The zero-order valence-electron chi connectivity index (χ0n) is 18.1. The molecule has 0 aliphatic heterocycles. The highest BCUT2D eigenvalue weighted by molar-refractivity contribution is 7.99. The number of carbonyl (C=O) groups excluding carboxylic acids is 2. The number of aromatic nitrogens is 4. The molecule has 2 amide bonds. The average molecular weight is 460 g/mol. The summed E-state index contributed by atoms with van der Waals surface area (Å²) in [7, 11) is 1.55. The molecule has 0 aliphatic rings. The van der Waals surface area contributed by atoms with Crippen molar-refractivity contribution in [3.05, 3.63) is 84.2 Å². The van der Waals surface area contributed by atoms with Gasteiger partial charge in [-0.2, -0.15) is 0 Å². The van der Waals surface area contributed by atoms with Crippen molar-refractivity contribution in [2.45, 2.75) is 12.1 Å². The van der Waals surface area contributed by atoms with Gasteiger partial charge in [-0.1, -0.05) is 30.0 Å². The van der Waals surface area contributed by atoms with Gasteiger partial charge in [0.1, 0.15) is 5.75 Å². The second kappa shape index (κ2) is 10.1. The Morgan fingerprint density at radius 1 is 1.00 bits per heavy atom. The van der Waals surface area contributed by atoms with Crippen LogP contribution in [0.15, 0.2) is 78.2 Å². The van der Waals surface area contributed by atoms with Crippen LogP contribution in [-0.4, -0.2) is 44.4 Å². The molecule has 0 unspecified atom stereocenters. The largest absolute Gasteiger partial charge is 0.497 e. The fourth-order valence-corrected chi connectivity index (χ4v) is 3.94. The lowest BCUT2D eigenvalue weighted by atomic mass is 10.2. The minimum absolute atomic E-state index is 0.00224. The Hall–Kier alpha value is -3.98. The third-order valence-corrected chi connectivity index (χ3v) is 5.79. The maximum atomic E-state index is 12.5. The highest BCUT2D eigenvalue weighted by Gasteiger charge is 2.19. The molecule has 0 radical (unpaired) electrons.